The van der Waals surface area contributed by atoms with Crippen LogP contribution in [0.1, 0.15) is 25.5 Å². The zero-order valence-electron chi connectivity index (χ0n) is 8.68. The quantitative estimate of drug-likeness (QED) is 0.837. The van der Waals surface area contributed by atoms with Gasteiger partial charge in [0, 0.05) is 11.1 Å². The van der Waals surface area contributed by atoms with Crippen LogP contribution in [0, 0.1) is 0 Å². The van der Waals surface area contributed by atoms with Crippen molar-refractivity contribution in [3.63, 3.8) is 0 Å². The topological polar surface area (TPSA) is 12.0 Å². The first-order valence-electron chi connectivity index (χ1n) is 4.80. The fourth-order valence-electron chi connectivity index (χ4n) is 1.34. The smallest absolute Gasteiger partial charge is 0.253 e. The lowest BCUT2D eigenvalue weighted by molar-refractivity contribution is 0.101. The van der Waals surface area contributed by atoms with Crippen molar-refractivity contribution in [2.45, 2.75) is 32.4 Å². The van der Waals surface area contributed by atoms with E-state index in [2.05, 4.69) is 5.32 Å². The van der Waals surface area contributed by atoms with E-state index in [-0.39, 0.29) is 6.04 Å². The van der Waals surface area contributed by atoms with Gasteiger partial charge in [0.15, 0.2) is 0 Å². The van der Waals surface area contributed by atoms with Crippen LogP contribution in [0.15, 0.2) is 24.3 Å². The Balaban J connectivity index is 2.64. The SMILES string of the molecule is CC(N[C@H](C)c1cccc(Cl)c1)C(F)F. The van der Waals surface area contributed by atoms with Gasteiger partial charge in [0.05, 0.1) is 6.04 Å². The summed E-state index contributed by atoms with van der Waals surface area (Å²) in [6.45, 7) is 3.30. The Morgan fingerprint density at radius 3 is 2.47 bits per heavy atom. The molecule has 0 aliphatic heterocycles. The van der Waals surface area contributed by atoms with Gasteiger partial charge in [-0.05, 0) is 31.5 Å². The van der Waals surface area contributed by atoms with Gasteiger partial charge in [-0.25, -0.2) is 8.78 Å². The summed E-state index contributed by atoms with van der Waals surface area (Å²) >= 11 is 5.81. The standard InChI is InChI=1S/C11H14ClF2N/c1-7(15-8(2)11(13)14)9-4-3-5-10(12)6-9/h3-8,11,15H,1-2H3/t7-,8?/m1/s1. The van der Waals surface area contributed by atoms with E-state index in [9.17, 15) is 8.78 Å². The highest BCUT2D eigenvalue weighted by molar-refractivity contribution is 6.30. The maximum atomic E-state index is 12.3. The highest BCUT2D eigenvalue weighted by Gasteiger charge is 2.17. The zero-order chi connectivity index (χ0) is 11.4. The minimum absolute atomic E-state index is 0.132. The first-order valence-corrected chi connectivity index (χ1v) is 5.18. The summed E-state index contributed by atoms with van der Waals surface area (Å²) < 4.78 is 24.6. The number of rotatable bonds is 4. The maximum Gasteiger partial charge on any atom is 0.253 e. The summed E-state index contributed by atoms with van der Waals surface area (Å²) in [5, 5.41) is 3.43. The zero-order valence-corrected chi connectivity index (χ0v) is 9.43. The molecule has 0 radical (unpaired) electrons. The average molecular weight is 234 g/mol. The third-order valence-electron chi connectivity index (χ3n) is 2.24. The van der Waals surface area contributed by atoms with Crippen LogP contribution in [0.2, 0.25) is 5.02 Å². The van der Waals surface area contributed by atoms with Gasteiger partial charge in [0.2, 0.25) is 0 Å². The van der Waals surface area contributed by atoms with Crippen molar-refractivity contribution in [1.29, 1.82) is 0 Å². The molecule has 1 rings (SSSR count). The maximum absolute atomic E-state index is 12.3. The Labute approximate surface area is 93.4 Å². The van der Waals surface area contributed by atoms with E-state index in [0.29, 0.717) is 5.02 Å². The summed E-state index contributed by atoms with van der Waals surface area (Å²) in [6, 6.07) is 6.25. The van der Waals surface area contributed by atoms with E-state index < -0.39 is 12.5 Å². The second-order valence-corrected chi connectivity index (χ2v) is 4.00. The monoisotopic (exact) mass is 233 g/mol. The lowest BCUT2D eigenvalue weighted by atomic mass is 10.1. The van der Waals surface area contributed by atoms with Gasteiger partial charge >= 0.3 is 0 Å². The second-order valence-electron chi connectivity index (χ2n) is 3.57. The van der Waals surface area contributed by atoms with Gasteiger partial charge < -0.3 is 5.32 Å². The largest absolute Gasteiger partial charge is 0.302 e. The molecule has 0 bridgehead atoms. The highest BCUT2D eigenvalue weighted by atomic mass is 35.5. The molecule has 84 valence electrons. The third kappa shape index (κ3) is 3.76. The van der Waals surface area contributed by atoms with Crippen molar-refractivity contribution in [2.75, 3.05) is 0 Å². The number of alkyl halides is 2. The fraction of sp³-hybridized carbons (Fsp3) is 0.455. The molecule has 1 unspecified atom stereocenters. The van der Waals surface area contributed by atoms with Crippen LogP contribution in [-0.2, 0) is 0 Å². The first kappa shape index (κ1) is 12.4. The summed E-state index contributed by atoms with van der Waals surface area (Å²) in [6.07, 6.45) is -2.35. The van der Waals surface area contributed by atoms with Crippen LogP contribution in [-0.4, -0.2) is 12.5 Å². The molecular formula is C11H14ClF2N. The minimum atomic E-state index is -2.35. The molecule has 2 atom stereocenters. The van der Waals surface area contributed by atoms with E-state index in [4.69, 9.17) is 11.6 Å². The summed E-state index contributed by atoms with van der Waals surface area (Å²) in [4.78, 5) is 0. The molecule has 0 aromatic heterocycles. The average Bonchev–Trinajstić information content (AvgIpc) is 2.17. The molecule has 0 heterocycles. The molecular weight excluding hydrogens is 220 g/mol. The molecule has 1 aromatic rings. The summed E-state index contributed by atoms with van der Waals surface area (Å²) in [5.74, 6) is 0. The Kier molecular flexibility index (Phi) is 4.48. The van der Waals surface area contributed by atoms with Crippen LogP contribution in [0.4, 0.5) is 8.78 Å². The van der Waals surface area contributed by atoms with Crippen molar-refractivity contribution < 1.29 is 8.78 Å². The molecule has 0 aliphatic rings. The van der Waals surface area contributed by atoms with Crippen LogP contribution in [0.25, 0.3) is 0 Å². The van der Waals surface area contributed by atoms with E-state index in [1.165, 1.54) is 6.92 Å². The Morgan fingerprint density at radius 2 is 1.93 bits per heavy atom. The van der Waals surface area contributed by atoms with E-state index in [1.54, 1.807) is 12.1 Å². The van der Waals surface area contributed by atoms with Crippen molar-refractivity contribution in [2.24, 2.45) is 0 Å². The Morgan fingerprint density at radius 1 is 1.27 bits per heavy atom. The van der Waals surface area contributed by atoms with Crippen molar-refractivity contribution in [3.8, 4) is 0 Å². The normalized spacial score (nSPS) is 15.3. The molecule has 4 heteroatoms. The molecule has 15 heavy (non-hydrogen) atoms. The molecule has 1 aromatic carbocycles. The van der Waals surface area contributed by atoms with Crippen LogP contribution in [0.3, 0.4) is 0 Å². The Bertz CT molecular complexity index is 317. The molecule has 0 amide bonds. The number of nitrogens with one attached hydrogen (secondary N) is 1. The van der Waals surface area contributed by atoms with Crippen molar-refractivity contribution >= 4 is 11.6 Å². The number of hydrogen-bond donors (Lipinski definition) is 1. The first-order chi connectivity index (χ1) is 7.00. The lowest BCUT2D eigenvalue weighted by Gasteiger charge is -2.19. The second kappa shape index (κ2) is 5.42. The third-order valence-corrected chi connectivity index (χ3v) is 2.47. The summed E-state index contributed by atoms with van der Waals surface area (Å²) in [7, 11) is 0. The van der Waals surface area contributed by atoms with Crippen molar-refractivity contribution in [1.82, 2.24) is 5.32 Å². The van der Waals surface area contributed by atoms with Gasteiger partial charge in [-0.2, -0.15) is 0 Å². The van der Waals surface area contributed by atoms with Gasteiger partial charge in [-0.3, -0.25) is 0 Å². The molecule has 0 aliphatic carbocycles. The fourth-order valence-corrected chi connectivity index (χ4v) is 1.54. The lowest BCUT2D eigenvalue weighted by Crippen LogP contribution is -2.34. The highest BCUT2D eigenvalue weighted by Crippen LogP contribution is 2.18. The molecule has 0 fully saturated rings. The molecule has 0 spiro atoms. The van der Waals surface area contributed by atoms with Crippen molar-refractivity contribution in [3.05, 3.63) is 34.9 Å². The minimum Gasteiger partial charge on any atom is -0.302 e. The predicted molar refractivity (Wildman–Crippen MR) is 58.5 cm³/mol. The summed E-state index contributed by atoms with van der Waals surface area (Å²) in [5.41, 5.74) is 0.912. The Hall–Kier alpha value is -0.670. The molecule has 1 N–H and O–H groups in total. The molecule has 0 saturated carbocycles. The van der Waals surface area contributed by atoms with Crippen LogP contribution < -0.4 is 5.32 Å². The number of halogens is 3. The van der Waals surface area contributed by atoms with E-state index in [0.717, 1.165) is 5.56 Å². The van der Waals surface area contributed by atoms with Gasteiger partial charge in [-0.1, -0.05) is 23.7 Å². The number of hydrogen-bond acceptors (Lipinski definition) is 1. The predicted octanol–water partition coefficient (Wildman–Crippen LogP) is 3.64. The molecule has 0 saturated heterocycles. The van der Waals surface area contributed by atoms with Gasteiger partial charge in [0.25, 0.3) is 6.43 Å². The van der Waals surface area contributed by atoms with E-state index in [1.807, 2.05) is 19.1 Å². The number of benzene rings is 1. The van der Waals surface area contributed by atoms with E-state index >= 15 is 0 Å². The van der Waals surface area contributed by atoms with Crippen LogP contribution >= 0.6 is 11.6 Å². The van der Waals surface area contributed by atoms with Gasteiger partial charge in [0.1, 0.15) is 0 Å². The van der Waals surface area contributed by atoms with Crippen LogP contribution in [0.5, 0.6) is 0 Å². The molecule has 1 nitrogen and oxygen atoms in total. The van der Waals surface area contributed by atoms with Gasteiger partial charge in [-0.15, -0.1) is 0 Å².